The Labute approximate surface area is 282 Å². The van der Waals surface area contributed by atoms with Gasteiger partial charge in [-0.2, -0.15) is 26.3 Å². The Balaban J connectivity index is 1.46. The molecular formula is C33H36F6N4O5S. The number of anilines is 1. The van der Waals surface area contributed by atoms with Gasteiger partial charge in [-0.05, 0) is 86.6 Å². The van der Waals surface area contributed by atoms with Crippen molar-refractivity contribution in [1.29, 1.82) is 0 Å². The molecule has 1 aliphatic carbocycles. The van der Waals surface area contributed by atoms with Crippen LogP contribution in [-0.2, 0) is 28.4 Å². The fourth-order valence-electron chi connectivity index (χ4n) is 6.55. The molecule has 1 N–H and O–H groups in total. The average Bonchev–Trinajstić information content (AvgIpc) is 3.63. The minimum absolute atomic E-state index is 0.0346. The number of nitrogens with zero attached hydrogens (tertiary/aromatic N) is 4. The highest BCUT2D eigenvalue weighted by atomic mass is 32.1. The van der Waals surface area contributed by atoms with Crippen LogP contribution in [0.2, 0.25) is 0 Å². The van der Waals surface area contributed by atoms with Gasteiger partial charge in [0.2, 0.25) is 0 Å². The minimum Gasteiger partial charge on any atom is -0.495 e. The van der Waals surface area contributed by atoms with Crippen molar-refractivity contribution in [1.82, 2.24) is 14.9 Å². The van der Waals surface area contributed by atoms with Crippen LogP contribution in [-0.4, -0.2) is 58.3 Å². The molecule has 1 amide bonds. The molecule has 0 radical (unpaired) electrons. The number of methoxy groups -OCH3 is 1. The molecule has 9 nitrogen and oxygen atoms in total. The summed E-state index contributed by atoms with van der Waals surface area (Å²) < 4.78 is 92.6. The van der Waals surface area contributed by atoms with Crippen molar-refractivity contribution in [2.45, 2.75) is 77.0 Å². The predicted molar refractivity (Wildman–Crippen MR) is 168 cm³/mol. The van der Waals surface area contributed by atoms with E-state index in [0.717, 1.165) is 25.7 Å². The zero-order valence-electron chi connectivity index (χ0n) is 27.0. The highest BCUT2D eigenvalue weighted by Crippen LogP contribution is 2.42. The van der Waals surface area contributed by atoms with Crippen molar-refractivity contribution in [3.63, 3.8) is 0 Å². The second kappa shape index (κ2) is 14.4. The van der Waals surface area contributed by atoms with E-state index in [9.17, 15) is 41.0 Å². The third-order valence-electron chi connectivity index (χ3n) is 9.14. The first kappa shape index (κ1) is 36.2. The van der Waals surface area contributed by atoms with E-state index in [0.29, 0.717) is 53.1 Å². The Hall–Kier alpha value is -4.08. The molecule has 0 bridgehead atoms. The van der Waals surface area contributed by atoms with Crippen LogP contribution in [0.3, 0.4) is 0 Å². The third kappa shape index (κ3) is 8.22. The van der Waals surface area contributed by atoms with Gasteiger partial charge < -0.3 is 19.5 Å². The van der Waals surface area contributed by atoms with Crippen molar-refractivity contribution in [3.8, 4) is 16.3 Å². The second-order valence-electron chi connectivity index (χ2n) is 12.4. The van der Waals surface area contributed by atoms with E-state index in [1.807, 2.05) is 17.2 Å². The highest BCUT2D eigenvalue weighted by Gasteiger charge is 2.44. The van der Waals surface area contributed by atoms with Crippen molar-refractivity contribution >= 4 is 29.2 Å². The molecule has 2 aliphatic rings. The number of hydrogen-bond donors (Lipinski definition) is 1. The number of hydrogen-bond acceptors (Lipinski definition) is 8. The first-order valence-corrected chi connectivity index (χ1v) is 16.7. The SMILES string of the molecule is CCN(CC1CCC(CC(=O)O)CC1)c1ncc(-c2sccc2OC)nc1CN1C(=O)O[C@H](c2cc(C(F)(F)F)cc(C(F)(F)F)c2)[C@@H]1C. The Bertz CT molecular complexity index is 1620. The summed E-state index contributed by atoms with van der Waals surface area (Å²) in [6.07, 6.45) is -7.51. The largest absolute Gasteiger partial charge is 0.495 e. The van der Waals surface area contributed by atoms with E-state index < -0.39 is 53.3 Å². The number of amides is 1. The molecule has 3 heterocycles. The molecule has 2 aromatic heterocycles. The van der Waals surface area contributed by atoms with Crippen molar-refractivity contribution in [2.24, 2.45) is 11.8 Å². The number of aromatic nitrogens is 2. The lowest BCUT2D eigenvalue weighted by molar-refractivity contribution is -0.143. The Kier molecular flexibility index (Phi) is 10.7. The number of halogens is 6. The summed E-state index contributed by atoms with van der Waals surface area (Å²) in [4.78, 5) is 38.0. The number of benzene rings is 1. The highest BCUT2D eigenvalue weighted by molar-refractivity contribution is 7.14. The maximum Gasteiger partial charge on any atom is 0.416 e. The summed E-state index contributed by atoms with van der Waals surface area (Å²) in [6.45, 7) is 4.35. The monoisotopic (exact) mass is 714 g/mol. The number of carboxylic acid groups (broad SMARTS) is 1. The quantitative estimate of drug-likeness (QED) is 0.198. The van der Waals surface area contributed by atoms with Gasteiger partial charge in [0.25, 0.3) is 0 Å². The Morgan fingerprint density at radius 1 is 1.08 bits per heavy atom. The van der Waals surface area contributed by atoms with E-state index in [2.05, 4.69) is 0 Å². The van der Waals surface area contributed by atoms with E-state index in [1.165, 1.54) is 30.3 Å². The van der Waals surface area contributed by atoms with Gasteiger partial charge in [0.05, 0.1) is 41.9 Å². The molecule has 5 rings (SSSR count). The van der Waals surface area contributed by atoms with Gasteiger partial charge in [0, 0.05) is 19.5 Å². The number of ether oxygens (including phenoxy) is 2. The molecule has 1 saturated carbocycles. The smallest absolute Gasteiger partial charge is 0.416 e. The van der Waals surface area contributed by atoms with Gasteiger partial charge in [-0.25, -0.2) is 14.8 Å². The number of carboxylic acids is 1. The molecule has 2 fully saturated rings. The molecular weight excluding hydrogens is 678 g/mol. The van der Waals surface area contributed by atoms with Gasteiger partial charge in [0.1, 0.15) is 23.2 Å². The van der Waals surface area contributed by atoms with Crippen molar-refractivity contribution in [2.75, 3.05) is 25.1 Å². The minimum atomic E-state index is -5.06. The lowest BCUT2D eigenvalue weighted by atomic mass is 9.80. The number of rotatable bonds is 11. The van der Waals surface area contributed by atoms with Crippen LogP contribution in [0.4, 0.5) is 37.0 Å². The number of cyclic esters (lactones) is 1. The number of carbonyl (C=O) groups excluding carboxylic acids is 1. The molecule has 16 heteroatoms. The van der Waals surface area contributed by atoms with Gasteiger partial charge >= 0.3 is 24.4 Å². The molecule has 1 aliphatic heterocycles. The van der Waals surface area contributed by atoms with E-state index in [-0.39, 0.29) is 30.9 Å². The van der Waals surface area contributed by atoms with Crippen molar-refractivity contribution in [3.05, 3.63) is 58.2 Å². The first-order chi connectivity index (χ1) is 23.1. The van der Waals surface area contributed by atoms with Crippen LogP contribution in [0.1, 0.15) is 74.4 Å². The number of thiophene rings is 1. The second-order valence-corrected chi connectivity index (χ2v) is 13.3. The van der Waals surface area contributed by atoms with Gasteiger partial charge in [-0.1, -0.05) is 0 Å². The average molecular weight is 715 g/mol. The number of aliphatic carboxylic acids is 1. The molecule has 1 aromatic carbocycles. The Morgan fingerprint density at radius 3 is 2.29 bits per heavy atom. The van der Waals surface area contributed by atoms with Gasteiger partial charge in [-0.3, -0.25) is 9.69 Å². The van der Waals surface area contributed by atoms with E-state index in [4.69, 9.17) is 19.4 Å². The van der Waals surface area contributed by atoms with Crippen LogP contribution in [0.5, 0.6) is 5.75 Å². The lowest BCUT2D eigenvalue weighted by Gasteiger charge is -2.33. The molecule has 2 atom stereocenters. The molecule has 3 aromatic rings. The van der Waals surface area contributed by atoms with Crippen LogP contribution in [0.25, 0.3) is 10.6 Å². The van der Waals surface area contributed by atoms with Crippen LogP contribution < -0.4 is 9.64 Å². The molecule has 0 unspecified atom stereocenters. The zero-order chi connectivity index (χ0) is 35.7. The number of alkyl halides is 6. The third-order valence-corrected chi connectivity index (χ3v) is 10.1. The van der Waals surface area contributed by atoms with Crippen LogP contribution >= 0.6 is 11.3 Å². The molecule has 49 heavy (non-hydrogen) atoms. The summed E-state index contributed by atoms with van der Waals surface area (Å²) in [7, 11) is 1.51. The van der Waals surface area contributed by atoms with E-state index >= 15 is 0 Å². The van der Waals surface area contributed by atoms with E-state index in [1.54, 1.807) is 12.3 Å². The first-order valence-electron chi connectivity index (χ1n) is 15.8. The summed E-state index contributed by atoms with van der Waals surface area (Å²) in [5.41, 5.74) is -2.61. The van der Waals surface area contributed by atoms with Crippen LogP contribution in [0, 0.1) is 11.8 Å². The molecule has 0 spiro atoms. The maximum absolute atomic E-state index is 13.6. The lowest BCUT2D eigenvalue weighted by Crippen LogP contribution is -2.36. The standard InChI is InChI=1S/C33H36F6N4O5S/c1-4-42(16-20-7-5-19(6-8-20)11-27(44)45)30-25(41-24(15-40-30)29-26(47-3)9-10-49-29)17-43-18(2)28(48-31(43)46)21-12-22(32(34,35)36)14-23(13-21)33(37,38)39/h9-10,12-15,18-20,28H,4-8,11,16-17H2,1-3H3,(H,44,45)/t18-,19?,20?,28-/m0/s1. The molecule has 1 saturated heterocycles. The topological polar surface area (TPSA) is 105 Å². The summed E-state index contributed by atoms with van der Waals surface area (Å²) >= 11 is 1.36. The van der Waals surface area contributed by atoms with Crippen LogP contribution in [0.15, 0.2) is 35.8 Å². The fourth-order valence-corrected chi connectivity index (χ4v) is 7.37. The predicted octanol–water partition coefficient (Wildman–Crippen LogP) is 8.44. The Morgan fingerprint density at radius 2 is 1.71 bits per heavy atom. The summed E-state index contributed by atoms with van der Waals surface area (Å²) in [5, 5.41) is 11.0. The fraction of sp³-hybridized carbons (Fsp3) is 0.515. The maximum atomic E-state index is 13.6. The van der Waals surface area contributed by atoms with Gasteiger partial charge in [0.15, 0.2) is 5.82 Å². The van der Waals surface area contributed by atoms with Gasteiger partial charge in [-0.15, -0.1) is 11.3 Å². The van der Waals surface area contributed by atoms with Crippen molar-refractivity contribution < 1.29 is 50.5 Å². The summed E-state index contributed by atoms with van der Waals surface area (Å²) in [6, 6.07) is 1.99. The number of carbonyl (C=O) groups is 2. The molecule has 266 valence electrons. The summed E-state index contributed by atoms with van der Waals surface area (Å²) in [5.74, 6) is 0.588. The normalized spacial score (nSPS) is 21.5. The zero-order valence-corrected chi connectivity index (χ0v) is 27.8.